The first-order chi connectivity index (χ1) is 10.8. The van der Waals surface area contributed by atoms with Crippen molar-refractivity contribution in [2.45, 2.75) is 54.8 Å². The maximum Gasteiger partial charge on any atom is 0.224 e. The Morgan fingerprint density at radius 1 is 0.769 bits per heavy atom. The summed E-state index contributed by atoms with van der Waals surface area (Å²) in [6.45, 7) is -2.32. The minimum absolute atomic E-state index is 0. The van der Waals surface area contributed by atoms with Gasteiger partial charge in [-0.15, -0.1) is 0 Å². The van der Waals surface area contributed by atoms with Crippen molar-refractivity contribution in [3.63, 3.8) is 0 Å². The molecule has 0 radical (unpaired) electrons. The van der Waals surface area contributed by atoms with Crippen LogP contribution < -0.4 is 0 Å². The van der Waals surface area contributed by atoms with Crippen LogP contribution in [0.2, 0.25) is 0 Å². The van der Waals surface area contributed by atoms with Gasteiger partial charge in [0.25, 0.3) is 0 Å². The van der Waals surface area contributed by atoms with Crippen LogP contribution in [0.3, 0.4) is 0 Å². The molecule has 0 unspecified atom stereocenters. The number of aliphatic hydroxyl groups is 8. The van der Waals surface area contributed by atoms with Crippen molar-refractivity contribution in [2.75, 3.05) is 19.8 Å². The molecule has 13 nitrogen and oxygen atoms in total. The quantitative estimate of drug-likeness (QED) is 0.189. The van der Waals surface area contributed by atoms with E-state index in [1.54, 1.807) is 0 Å². The second kappa shape index (κ2) is 11.1. The van der Waals surface area contributed by atoms with Crippen LogP contribution in [0.1, 0.15) is 0 Å². The molecule has 0 aliphatic carbocycles. The Labute approximate surface area is 158 Å². The molecule has 0 aromatic heterocycles. The third-order valence-electron chi connectivity index (χ3n) is 4.07. The van der Waals surface area contributed by atoms with Crippen LogP contribution in [0.25, 0.3) is 0 Å². The van der Waals surface area contributed by atoms with E-state index in [1.807, 2.05) is 0 Å². The van der Waals surface area contributed by atoms with E-state index in [0.29, 0.717) is 0 Å². The average molecular weight is 434 g/mol. The second-order valence-corrected chi connectivity index (χ2v) is 5.56. The second-order valence-electron chi connectivity index (χ2n) is 5.56. The molecular weight excluding hydrogens is 408 g/mol. The van der Waals surface area contributed by atoms with E-state index in [0.717, 1.165) is 0 Å². The Morgan fingerprint density at radius 2 is 1.31 bits per heavy atom. The summed E-state index contributed by atoms with van der Waals surface area (Å²) in [5, 5.41) is 76.7. The summed E-state index contributed by atoms with van der Waals surface area (Å²) in [6, 6.07) is 0. The molecule has 2 rings (SSSR count). The Bertz CT molecular complexity index is 401. The Kier molecular flexibility index (Phi) is 12.1. The zero-order chi connectivity index (χ0) is 17.4. The molecule has 12 N–H and O–H groups in total. The van der Waals surface area contributed by atoms with Crippen LogP contribution in [0.15, 0.2) is 0 Å². The van der Waals surface area contributed by atoms with E-state index in [9.17, 15) is 30.6 Å². The molecule has 9 atom stereocenters. The molecule has 160 valence electrons. The third-order valence-corrected chi connectivity index (χ3v) is 4.07. The minimum Gasteiger partial charge on any atom is -0.412 e. The van der Waals surface area contributed by atoms with Gasteiger partial charge in [-0.2, -0.15) is 0 Å². The fraction of sp³-hybridized carbons (Fsp3) is 1.00. The number of hydrogen-bond acceptors (Lipinski definition) is 11. The number of ether oxygens (including phenoxy) is 3. The molecule has 0 aromatic carbocycles. The van der Waals surface area contributed by atoms with Crippen molar-refractivity contribution >= 4 is 0 Å². The monoisotopic (exact) mass is 434 g/mol. The first-order valence-corrected chi connectivity index (χ1v) is 7.05. The standard InChI is InChI=1S/C12H22O11.Fe.2H2O/c13-1-4-6(16)8(18)9(19)11(21-4)23-12(3-15)10(20)7(17)5(2-14)22-12;;;/h4-11,13-20H,1-3H2;;2*1H2/t4-,5-,6-,7-,8+,9-,10+,11-,12+;;;/m1.../s1. The topological polar surface area (TPSA) is 253 Å². The van der Waals surface area contributed by atoms with Gasteiger partial charge in [0.2, 0.25) is 5.79 Å². The van der Waals surface area contributed by atoms with Crippen molar-refractivity contribution in [3.8, 4) is 0 Å². The molecule has 2 aliphatic rings. The van der Waals surface area contributed by atoms with Gasteiger partial charge >= 0.3 is 0 Å². The molecule has 26 heavy (non-hydrogen) atoms. The number of aliphatic hydroxyl groups excluding tert-OH is 8. The van der Waals surface area contributed by atoms with E-state index in [-0.39, 0.29) is 28.0 Å². The van der Waals surface area contributed by atoms with E-state index in [2.05, 4.69) is 0 Å². The van der Waals surface area contributed by atoms with Gasteiger partial charge in [-0.1, -0.05) is 0 Å². The predicted octanol–water partition coefficient (Wildman–Crippen LogP) is -7.05. The molecule has 0 aromatic rings. The van der Waals surface area contributed by atoms with Crippen LogP contribution >= 0.6 is 0 Å². The molecular formula is C12H26FeO13. The maximum atomic E-state index is 10.00. The first-order valence-electron chi connectivity index (χ1n) is 7.05. The fourth-order valence-electron chi connectivity index (χ4n) is 2.63. The maximum absolute atomic E-state index is 10.00. The molecule has 14 heteroatoms. The fourth-order valence-corrected chi connectivity index (χ4v) is 2.63. The van der Waals surface area contributed by atoms with Crippen LogP contribution in [-0.4, -0.2) is 126 Å². The Morgan fingerprint density at radius 3 is 1.73 bits per heavy atom. The van der Waals surface area contributed by atoms with Crippen LogP contribution in [0.5, 0.6) is 0 Å². The molecule has 0 spiro atoms. The van der Waals surface area contributed by atoms with Gasteiger partial charge in [-0.3, -0.25) is 0 Å². The van der Waals surface area contributed by atoms with E-state index in [4.69, 9.17) is 24.4 Å². The zero-order valence-corrected chi connectivity index (χ0v) is 14.5. The Balaban J connectivity index is 0. The minimum atomic E-state index is -2.22. The first kappa shape index (κ1) is 28.2. The number of rotatable bonds is 5. The summed E-state index contributed by atoms with van der Waals surface area (Å²) in [6.07, 6.45) is -12.7. The van der Waals surface area contributed by atoms with Gasteiger partial charge in [0.15, 0.2) is 6.29 Å². The van der Waals surface area contributed by atoms with Crippen molar-refractivity contribution in [1.29, 1.82) is 0 Å². The summed E-state index contributed by atoms with van der Waals surface area (Å²) in [5.74, 6) is -2.22. The van der Waals surface area contributed by atoms with Gasteiger partial charge in [-0.25, -0.2) is 0 Å². The van der Waals surface area contributed by atoms with Gasteiger partial charge in [-0.05, 0) is 0 Å². The van der Waals surface area contributed by atoms with Crippen molar-refractivity contribution in [2.24, 2.45) is 0 Å². The van der Waals surface area contributed by atoms with Crippen LogP contribution in [0.4, 0.5) is 0 Å². The smallest absolute Gasteiger partial charge is 0.224 e. The molecule has 2 aliphatic heterocycles. The molecule has 0 saturated carbocycles. The SMILES string of the molecule is O.O.OC[C@H]1O[C@@](CO)(O[C@H]2O[C@H](CO)[C@@H](O)[C@H](O)[C@H]2O)[C@@H](O)[C@@H]1O.[Fe]. The zero-order valence-electron chi connectivity index (χ0n) is 13.4. The molecule has 2 heterocycles. The third kappa shape index (κ3) is 4.88. The van der Waals surface area contributed by atoms with Crippen molar-refractivity contribution in [1.82, 2.24) is 0 Å². The van der Waals surface area contributed by atoms with Crippen LogP contribution in [0, 0.1) is 0 Å². The van der Waals surface area contributed by atoms with Gasteiger partial charge < -0.3 is 66.0 Å². The molecule has 2 saturated heterocycles. The Hall–Kier alpha value is -0.000519. The summed E-state index contributed by atoms with van der Waals surface area (Å²) in [7, 11) is 0. The normalized spacial score (nSPS) is 45.2. The molecule has 0 amide bonds. The summed E-state index contributed by atoms with van der Waals surface area (Å²) in [5.41, 5.74) is 0. The predicted molar refractivity (Wildman–Crippen MR) is 75.9 cm³/mol. The largest absolute Gasteiger partial charge is 0.412 e. The van der Waals surface area contributed by atoms with E-state index in [1.165, 1.54) is 0 Å². The van der Waals surface area contributed by atoms with Gasteiger partial charge in [0, 0.05) is 17.1 Å². The average Bonchev–Trinajstić information content (AvgIpc) is 2.80. The van der Waals surface area contributed by atoms with Gasteiger partial charge in [0.05, 0.1) is 13.2 Å². The van der Waals surface area contributed by atoms with Gasteiger partial charge in [0.1, 0.15) is 49.3 Å². The summed E-state index contributed by atoms with van der Waals surface area (Å²) >= 11 is 0. The van der Waals surface area contributed by atoms with E-state index >= 15 is 0 Å². The number of hydrogen-bond donors (Lipinski definition) is 8. The van der Waals surface area contributed by atoms with E-state index < -0.39 is 74.6 Å². The molecule has 0 bridgehead atoms. The molecule has 2 fully saturated rings. The summed E-state index contributed by atoms with van der Waals surface area (Å²) < 4.78 is 15.4. The van der Waals surface area contributed by atoms with Crippen LogP contribution in [-0.2, 0) is 31.3 Å². The van der Waals surface area contributed by atoms with Crippen molar-refractivity contribution in [3.05, 3.63) is 0 Å². The summed E-state index contributed by atoms with van der Waals surface area (Å²) in [4.78, 5) is 0. The van der Waals surface area contributed by atoms with Crippen molar-refractivity contribution < 1.29 is 83.1 Å².